The molecular formula is C25H24ClN3O5S. The minimum atomic E-state index is -3.70. The number of carbonyl (C=O) groups is 1. The molecule has 0 saturated carbocycles. The molecule has 0 atom stereocenters. The third-order valence-corrected chi connectivity index (χ3v) is 8.16. The Morgan fingerprint density at radius 3 is 2.31 bits per heavy atom. The molecule has 1 fully saturated rings. The molecule has 1 amide bonds. The Kier molecular flexibility index (Phi) is 7.20. The maximum Gasteiger partial charge on any atom is 0.279 e. The summed E-state index contributed by atoms with van der Waals surface area (Å²) in [6.07, 6.45) is 2.62. The molecule has 0 aliphatic carbocycles. The lowest BCUT2D eigenvalue weighted by Gasteiger charge is -2.26. The number of sulfonamides is 1. The van der Waals surface area contributed by atoms with E-state index >= 15 is 0 Å². The molecule has 1 aliphatic heterocycles. The number of hydrogen-bond donors (Lipinski definition) is 1. The normalized spacial score (nSPS) is 14.5. The van der Waals surface area contributed by atoms with Gasteiger partial charge in [-0.3, -0.25) is 14.9 Å². The van der Waals surface area contributed by atoms with E-state index in [1.165, 1.54) is 28.6 Å². The van der Waals surface area contributed by atoms with Gasteiger partial charge in [-0.05, 0) is 79.4 Å². The summed E-state index contributed by atoms with van der Waals surface area (Å²) < 4.78 is 27.8. The number of aryl methyl sites for hydroxylation is 1. The molecule has 3 aromatic carbocycles. The Hall–Kier alpha value is -3.27. The number of rotatable bonds is 6. The molecule has 8 nitrogen and oxygen atoms in total. The number of nitrogens with zero attached hydrogens (tertiary/aromatic N) is 2. The van der Waals surface area contributed by atoms with E-state index in [0.29, 0.717) is 34.8 Å². The molecule has 182 valence electrons. The van der Waals surface area contributed by atoms with E-state index in [0.717, 1.165) is 19.3 Å². The zero-order chi connectivity index (χ0) is 25.2. The van der Waals surface area contributed by atoms with Gasteiger partial charge in [0.1, 0.15) is 0 Å². The first-order valence-electron chi connectivity index (χ1n) is 11.1. The van der Waals surface area contributed by atoms with Crippen molar-refractivity contribution in [2.24, 2.45) is 0 Å². The Labute approximate surface area is 208 Å². The highest BCUT2D eigenvalue weighted by Crippen LogP contribution is 2.36. The molecule has 0 unspecified atom stereocenters. The fourth-order valence-corrected chi connectivity index (χ4v) is 5.77. The zero-order valence-corrected chi connectivity index (χ0v) is 20.6. The van der Waals surface area contributed by atoms with Crippen LogP contribution < -0.4 is 5.32 Å². The molecule has 3 aromatic rings. The van der Waals surface area contributed by atoms with Gasteiger partial charge in [-0.1, -0.05) is 24.1 Å². The van der Waals surface area contributed by atoms with Crippen molar-refractivity contribution in [1.82, 2.24) is 4.31 Å². The summed E-state index contributed by atoms with van der Waals surface area (Å²) in [7, 11) is -3.70. The number of nitrogens with one attached hydrogen (secondary N) is 1. The molecule has 1 heterocycles. The average molecular weight is 514 g/mol. The Balaban J connectivity index is 1.69. The van der Waals surface area contributed by atoms with E-state index in [2.05, 4.69) is 5.32 Å². The first kappa shape index (κ1) is 24.8. The molecular weight excluding hydrogens is 490 g/mol. The topological polar surface area (TPSA) is 110 Å². The SMILES string of the molecule is Cc1ccc(S(=O)(=O)N2CCCCC2)cc1-c1ccc(NC(=O)c2ccc(Cl)cc2)cc1[N+](=O)[O-]. The van der Waals surface area contributed by atoms with Crippen LogP contribution in [0, 0.1) is 17.0 Å². The second-order valence-electron chi connectivity index (χ2n) is 8.39. The largest absolute Gasteiger partial charge is 0.322 e. The zero-order valence-electron chi connectivity index (χ0n) is 19.0. The smallest absolute Gasteiger partial charge is 0.279 e. The second kappa shape index (κ2) is 10.2. The van der Waals surface area contributed by atoms with Crippen LogP contribution in [-0.4, -0.2) is 36.6 Å². The number of benzene rings is 3. The lowest BCUT2D eigenvalue weighted by molar-refractivity contribution is -0.384. The van der Waals surface area contributed by atoms with Crippen LogP contribution in [0.4, 0.5) is 11.4 Å². The minimum absolute atomic E-state index is 0.106. The van der Waals surface area contributed by atoms with Gasteiger partial charge in [0, 0.05) is 35.4 Å². The number of halogens is 1. The number of hydrogen-bond acceptors (Lipinski definition) is 5. The summed E-state index contributed by atoms with van der Waals surface area (Å²) in [6.45, 7) is 2.70. The maximum absolute atomic E-state index is 13.2. The van der Waals surface area contributed by atoms with Gasteiger partial charge in [-0.15, -0.1) is 0 Å². The van der Waals surface area contributed by atoms with E-state index in [-0.39, 0.29) is 21.8 Å². The van der Waals surface area contributed by atoms with Crippen LogP contribution in [0.5, 0.6) is 0 Å². The van der Waals surface area contributed by atoms with Gasteiger partial charge in [0.15, 0.2) is 0 Å². The quantitative estimate of drug-likeness (QED) is 0.338. The monoisotopic (exact) mass is 513 g/mol. The fraction of sp³-hybridized carbons (Fsp3) is 0.240. The Morgan fingerprint density at radius 2 is 1.66 bits per heavy atom. The molecule has 35 heavy (non-hydrogen) atoms. The van der Waals surface area contributed by atoms with Crippen molar-refractivity contribution >= 4 is 38.9 Å². The average Bonchev–Trinajstić information content (AvgIpc) is 2.85. The molecule has 0 spiro atoms. The number of piperidine rings is 1. The summed E-state index contributed by atoms with van der Waals surface area (Å²) in [5.74, 6) is -0.436. The van der Waals surface area contributed by atoms with Crippen LogP contribution in [0.25, 0.3) is 11.1 Å². The second-order valence-corrected chi connectivity index (χ2v) is 10.8. The number of carbonyl (C=O) groups excluding carboxylic acids is 1. The molecule has 1 N–H and O–H groups in total. The van der Waals surface area contributed by atoms with Crippen LogP contribution in [0.1, 0.15) is 35.2 Å². The molecule has 0 radical (unpaired) electrons. The van der Waals surface area contributed by atoms with Gasteiger partial charge in [-0.2, -0.15) is 4.31 Å². The van der Waals surface area contributed by atoms with Crippen LogP contribution in [0.3, 0.4) is 0 Å². The minimum Gasteiger partial charge on any atom is -0.322 e. The third kappa shape index (κ3) is 5.37. The van der Waals surface area contributed by atoms with Crippen LogP contribution in [0.2, 0.25) is 5.02 Å². The summed E-state index contributed by atoms with van der Waals surface area (Å²) in [4.78, 5) is 24.0. The van der Waals surface area contributed by atoms with Gasteiger partial charge in [0.05, 0.1) is 15.4 Å². The first-order chi connectivity index (χ1) is 16.7. The molecule has 4 rings (SSSR count). The van der Waals surface area contributed by atoms with Crippen molar-refractivity contribution in [3.63, 3.8) is 0 Å². The molecule has 0 aromatic heterocycles. The molecule has 1 aliphatic rings. The number of nitro groups is 1. The highest BCUT2D eigenvalue weighted by atomic mass is 35.5. The fourth-order valence-electron chi connectivity index (χ4n) is 4.10. The van der Waals surface area contributed by atoms with Crippen LogP contribution >= 0.6 is 11.6 Å². The van der Waals surface area contributed by atoms with Crippen molar-refractivity contribution < 1.29 is 18.1 Å². The van der Waals surface area contributed by atoms with E-state index in [4.69, 9.17) is 11.6 Å². The lowest BCUT2D eigenvalue weighted by Crippen LogP contribution is -2.35. The van der Waals surface area contributed by atoms with E-state index in [1.807, 2.05) is 0 Å². The molecule has 1 saturated heterocycles. The number of nitro benzene ring substituents is 1. The summed E-state index contributed by atoms with van der Waals surface area (Å²) in [5, 5.41) is 15.1. The van der Waals surface area contributed by atoms with Crippen molar-refractivity contribution in [3.05, 3.63) is 86.9 Å². The van der Waals surface area contributed by atoms with E-state index in [1.54, 1.807) is 43.3 Å². The van der Waals surface area contributed by atoms with Gasteiger partial charge < -0.3 is 5.32 Å². The summed E-state index contributed by atoms with van der Waals surface area (Å²) >= 11 is 5.86. The molecule has 10 heteroatoms. The number of amides is 1. The Bertz CT molecular complexity index is 1380. The van der Waals surface area contributed by atoms with Crippen molar-refractivity contribution in [3.8, 4) is 11.1 Å². The van der Waals surface area contributed by atoms with Gasteiger partial charge >= 0.3 is 0 Å². The van der Waals surface area contributed by atoms with Crippen molar-refractivity contribution in [1.29, 1.82) is 0 Å². The van der Waals surface area contributed by atoms with Crippen molar-refractivity contribution in [2.75, 3.05) is 18.4 Å². The standard InChI is InChI=1S/C25H24ClN3O5S/c1-17-5-11-21(35(33,34)28-13-3-2-4-14-28)16-23(17)22-12-10-20(15-24(22)29(31)32)27-25(30)18-6-8-19(26)9-7-18/h5-12,15-16H,2-4,13-14H2,1H3,(H,27,30). The van der Waals surface area contributed by atoms with E-state index in [9.17, 15) is 23.3 Å². The first-order valence-corrected chi connectivity index (χ1v) is 12.9. The maximum atomic E-state index is 13.2. The van der Waals surface area contributed by atoms with Gasteiger partial charge in [0.25, 0.3) is 11.6 Å². The summed E-state index contributed by atoms with van der Waals surface area (Å²) in [6, 6.07) is 15.3. The van der Waals surface area contributed by atoms with Crippen LogP contribution in [0.15, 0.2) is 65.6 Å². The van der Waals surface area contributed by atoms with Gasteiger partial charge in [-0.25, -0.2) is 8.42 Å². The van der Waals surface area contributed by atoms with E-state index < -0.39 is 20.9 Å². The number of anilines is 1. The predicted octanol–water partition coefficient (Wildman–Crippen LogP) is 5.65. The molecule has 0 bridgehead atoms. The van der Waals surface area contributed by atoms with Crippen molar-refractivity contribution in [2.45, 2.75) is 31.1 Å². The third-order valence-electron chi connectivity index (χ3n) is 6.01. The Morgan fingerprint density at radius 1 is 0.971 bits per heavy atom. The highest BCUT2D eigenvalue weighted by Gasteiger charge is 2.27. The summed E-state index contributed by atoms with van der Waals surface area (Å²) in [5.41, 5.74) is 1.78. The lowest BCUT2D eigenvalue weighted by atomic mass is 9.98. The van der Waals surface area contributed by atoms with Crippen LogP contribution in [-0.2, 0) is 10.0 Å². The predicted molar refractivity (Wildman–Crippen MR) is 135 cm³/mol. The van der Waals surface area contributed by atoms with Gasteiger partial charge in [0.2, 0.25) is 10.0 Å². The highest BCUT2D eigenvalue weighted by molar-refractivity contribution is 7.89.